The third-order valence-electron chi connectivity index (χ3n) is 1.87. The molecule has 0 aliphatic carbocycles. The van der Waals surface area contributed by atoms with E-state index < -0.39 is 7.94 Å². The molecule has 0 rings (SSSR count). The molecular formula is C8H23N3OP+. The van der Waals surface area contributed by atoms with E-state index in [0.717, 1.165) is 6.61 Å². The lowest BCUT2D eigenvalue weighted by Gasteiger charge is -2.36. The fourth-order valence-electron chi connectivity index (χ4n) is 1.59. The van der Waals surface area contributed by atoms with Crippen LogP contribution < -0.4 is 0 Å². The van der Waals surface area contributed by atoms with Crippen molar-refractivity contribution in [2.75, 3.05) is 48.9 Å². The maximum atomic E-state index is 5.90. The van der Waals surface area contributed by atoms with Gasteiger partial charge >= 0.3 is 7.94 Å². The summed E-state index contributed by atoms with van der Waals surface area (Å²) in [5, 5.41) is 0. The van der Waals surface area contributed by atoms with Gasteiger partial charge in [0.1, 0.15) is 0 Å². The van der Waals surface area contributed by atoms with Crippen LogP contribution in [0.25, 0.3) is 0 Å². The zero-order chi connectivity index (χ0) is 10.6. The molecule has 0 bridgehead atoms. The summed E-state index contributed by atoms with van der Waals surface area (Å²) >= 11 is 0. The Balaban J connectivity index is 4.82. The number of nitrogens with zero attached hydrogens (tertiary/aromatic N) is 3. The molecule has 0 radical (unpaired) electrons. The molecule has 0 aromatic carbocycles. The number of rotatable bonds is 5. The number of hydrogen-bond donors (Lipinski definition) is 0. The molecule has 0 N–H and O–H groups in total. The van der Waals surface area contributed by atoms with Crippen LogP contribution in [0.5, 0.6) is 0 Å². The Hall–Kier alpha value is 0.270. The van der Waals surface area contributed by atoms with Crippen molar-refractivity contribution < 1.29 is 4.52 Å². The minimum Gasteiger partial charge on any atom is -0.182 e. The summed E-state index contributed by atoms with van der Waals surface area (Å²) < 4.78 is 12.4. The van der Waals surface area contributed by atoms with Gasteiger partial charge < -0.3 is 0 Å². The molecule has 0 fully saturated rings. The van der Waals surface area contributed by atoms with Crippen LogP contribution in [0, 0.1) is 0 Å². The first kappa shape index (κ1) is 13.3. The van der Waals surface area contributed by atoms with Crippen molar-refractivity contribution in [3.05, 3.63) is 0 Å². The molecule has 4 nitrogen and oxygen atoms in total. The highest BCUT2D eigenvalue weighted by molar-refractivity contribution is 7.64. The molecule has 80 valence electrons. The standard InChI is InChI=1S/C8H23N3OP/c1-8-12-13(9(2)3,10(4)5)11(6)7/h8H2,1-7H3/q+1. The molecule has 5 heteroatoms. The second-order valence-corrected chi connectivity index (χ2v) is 7.16. The van der Waals surface area contributed by atoms with Gasteiger partial charge in [-0.3, -0.25) is 0 Å². The van der Waals surface area contributed by atoms with E-state index in [1.54, 1.807) is 0 Å². The minimum absolute atomic E-state index is 0.738. The largest absolute Gasteiger partial charge is 0.369 e. The Kier molecular flexibility index (Phi) is 5.33. The van der Waals surface area contributed by atoms with Crippen LogP contribution in [-0.4, -0.2) is 62.9 Å². The molecule has 0 heterocycles. The third-order valence-corrected chi connectivity index (χ3v) is 5.60. The SMILES string of the molecule is CCO[P+](N(C)C)(N(C)C)N(C)C. The molecule has 0 atom stereocenters. The molecule has 0 aromatic rings. The lowest BCUT2D eigenvalue weighted by Crippen LogP contribution is -2.37. The highest BCUT2D eigenvalue weighted by atomic mass is 31.2. The second-order valence-electron chi connectivity index (χ2n) is 3.47. The van der Waals surface area contributed by atoms with E-state index >= 15 is 0 Å². The third kappa shape index (κ3) is 2.61. The summed E-state index contributed by atoms with van der Waals surface area (Å²) in [4.78, 5) is 0. The average molecular weight is 208 g/mol. The Labute approximate surface area is 83.0 Å². The Morgan fingerprint density at radius 2 is 1.15 bits per heavy atom. The van der Waals surface area contributed by atoms with Crippen molar-refractivity contribution >= 4 is 7.94 Å². The smallest absolute Gasteiger partial charge is 0.182 e. The van der Waals surface area contributed by atoms with Crippen molar-refractivity contribution in [2.24, 2.45) is 0 Å². The van der Waals surface area contributed by atoms with E-state index in [1.807, 2.05) is 6.92 Å². The molecule has 0 unspecified atom stereocenters. The zero-order valence-electron chi connectivity index (χ0n) is 9.90. The predicted molar refractivity (Wildman–Crippen MR) is 59.6 cm³/mol. The molecule has 0 spiro atoms. The van der Waals surface area contributed by atoms with Crippen molar-refractivity contribution in [1.82, 2.24) is 14.0 Å². The molecule has 0 saturated carbocycles. The van der Waals surface area contributed by atoms with Crippen LogP contribution in [0.4, 0.5) is 0 Å². The topological polar surface area (TPSA) is 19.0 Å². The van der Waals surface area contributed by atoms with Gasteiger partial charge in [-0.1, -0.05) is 0 Å². The van der Waals surface area contributed by atoms with Crippen LogP contribution >= 0.6 is 7.94 Å². The Bertz CT molecular complexity index is 129. The average Bonchev–Trinajstić information content (AvgIpc) is 1.97. The summed E-state index contributed by atoms with van der Waals surface area (Å²) in [5.41, 5.74) is 0. The van der Waals surface area contributed by atoms with E-state index in [9.17, 15) is 0 Å². The first-order chi connectivity index (χ1) is 5.89. The zero-order valence-corrected chi connectivity index (χ0v) is 10.8. The normalized spacial score (nSPS) is 13.4. The lowest BCUT2D eigenvalue weighted by molar-refractivity contribution is 0.251. The van der Waals surface area contributed by atoms with Gasteiger partial charge in [0.25, 0.3) is 0 Å². The molecule has 13 heavy (non-hydrogen) atoms. The van der Waals surface area contributed by atoms with Gasteiger partial charge in [-0.15, -0.1) is 14.0 Å². The van der Waals surface area contributed by atoms with E-state index in [2.05, 4.69) is 56.3 Å². The molecule has 0 amide bonds. The van der Waals surface area contributed by atoms with Crippen LogP contribution in [0.2, 0.25) is 0 Å². The van der Waals surface area contributed by atoms with Crippen molar-refractivity contribution in [2.45, 2.75) is 6.92 Å². The summed E-state index contributed by atoms with van der Waals surface area (Å²) in [6.07, 6.45) is 0. The minimum atomic E-state index is -1.71. The predicted octanol–water partition coefficient (Wildman–Crippen LogP) is 1.39. The lowest BCUT2D eigenvalue weighted by atomic mass is 10.9. The highest BCUT2D eigenvalue weighted by Gasteiger charge is 2.50. The van der Waals surface area contributed by atoms with Gasteiger partial charge in [0.2, 0.25) is 0 Å². The van der Waals surface area contributed by atoms with Gasteiger partial charge in [0.05, 0.1) is 6.61 Å². The quantitative estimate of drug-likeness (QED) is 0.635. The maximum absolute atomic E-state index is 5.90. The van der Waals surface area contributed by atoms with Crippen LogP contribution in [0.1, 0.15) is 6.92 Å². The summed E-state index contributed by atoms with van der Waals surface area (Å²) in [5.74, 6) is 0. The van der Waals surface area contributed by atoms with Crippen LogP contribution in [-0.2, 0) is 4.52 Å². The van der Waals surface area contributed by atoms with Crippen molar-refractivity contribution in [1.29, 1.82) is 0 Å². The van der Waals surface area contributed by atoms with Crippen LogP contribution in [0.3, 0.4) is 0 Å². The summed E-state index contributed by atoms with van der Waals surface area (Å²) in [7, 11) is 10.6. The van der Waals surface area contributed by atoms with Crippen LogP contribution in [0.15, 0.2) is 0 Å². The number of hydrogen-bond acceptors (Lipinski definition) is 4. The summed E-state index contributed by atoms with van der Waals surface area (Å²) in [6, 6.07) is 0. The molecular weight excluding hydrogens is 185 g/mol. The van der Waals surface area contributed by atoms with Gasteiger partial charge in [0.15, 0.2) is 0 Å². The first-order valence-electron chi connectivity index (χ1n) is 4.46. The molecule has 0 aliphatic rings. The first-order valence-corrected chi connectivity index (χ1v) is 6.03. The maximum Gasteiger partial charge on any atom is 0.369 e. The van der Waals surface area contributed by atoms with E-state index in [-0.39, 0.29) is 0 Å². The van der Waals surface area contributed by atoms with Crippen molar-refractivity contribution in [3.8, 4) is 0 Å². The van der Waals surface area contributed by atoms with Gasteiger partial charge in [-0.25, -0.2) is 0 Å². The van der Waals surface area contributed by atoms with Gasteiger partial charge in [0, 0.05) is 42.3 Å². The fraction of sp³-hybridized carbons (Fsp3) is 1.00. The Morgan fingerprint density at radius 1 is 0.846 bits per heavy atom. The second kappa shape index (κ2) is 5.23. The molecule has 0 aromatic heterocycles. The highest BCUT2D eigenvalue weighted by Crippen LogP contribution is 2.64. The van der Waals surface area contributed by atoms with E-state index in [4.69, 9.17) is 4.52 Å². The summed E-state index contributed by atoms with van der Waals surface area (Å²) in [6.45, 7) is 2.77. The molecule has 0 aliphatic heterocycles. The van der Waals surface area contributed by atoms with E-state index in [1.165, 1.54) is 0 Å². The van der Waals surface area contributed by atoms with Gasteiger partial charge in [-0.05, 0) is 6.92 Å². The Morgan fingerprint density at radius 3 is 1.23 bits per heavy atom. The van der Waals surface area contributed by atoms with Crippen molar-refractivity contribution in [3.63, 3.8) is 0 Å². The van der Waals surface area contributed by atoms with Gasteiger partial charge in [-0.2, -0.15) is 4.52 Å². The fourth-order valence-corrected chi connectivity index (χ4v) is 4.78. The monoisotopic (exact) mass is 208 g/mol. The van der Waals surface area contributed by atoms with E-state index in [0.29, 0.717) is 0 Å². The molecule has 0 saturated heterocycles.